The van der Waals surface area contributed by atoms with Gasteiger partial charge < -0.3 is 20.1 Å². The predicted molar refractivity (Wildman–Crippen MR) is 79.3 cm³/mol. The quantitative estimate of drug-likeness (QED) is 0.464. The highest BCUT2D eigenvalue weighted by Crippen LogP contribution is 2.40. The second-order valence-electron chi connectivity index (χ2n) is 5.71. The summed E-state index contributed by atoms with van der Waals surface area (Å²) in [5, 5.41) is 30.5. The van der Waals surface area contributed by atoms with Gasteiger partial charge in [-0.05, 0) is 11.6 Å². The third kappa shape index (κ3) is 2.88. The van der Waals surface area contributed by atoms with Gasteiger partial charge in [-0.1, -0.05) is 30.3 Å². The number of nitrogens with zero attached hydrogens (tertiary/aromatic N) is 1. The molecule has 3 unspecified atom stereocenters. The molecule has 0 saturated carbocycles. The maximum Gasteiger partial charge on any atom is 0.189 e. The summed E-state index contributed by atoms with van der Waals surface area (Å²) in [6.45, 7) is 7.53. The van der Waals surface area contributed by atoms with Crippen molar-refractivity contribution in [2.75, 3.05) is 0 Å². The second kappa shape index (κ2) is 6.37. The predicted octanol–water partition coefficient (Wildman–Crippen LogP) is 0.0925. The van der Waals surface area contributed by atoms with Gasteiger partial charge >= 0.3 is 0 Å². The van der Waals surface area contributed by atoms with E-state index in [9.17, 15) is 15.3 Å². The van der Waals surface area contributed by atoms with Gasteiger partial charge in [-0.15, -0.1) is 0 Å². The zero-order chi connectivity index (χ0) is 16.4. The number of aliphatic hydroxyl groups excluding tert-OH is 3. The Morgan fingerprint density at radius 1 is 1.30 bits per heavy atom. The van der Waals surface area contributed by atoms with E-state index in [1.165, 1.54) is 6.08 Å². The monoisotopic (exact) mass is 318 g/mol. The van der Waals surface area contributed by atoms with E-state index in [1.807, 2.05) is 30.3 Å². The zero-order valence-corrected chi connectivity index (χ0v) is 12.3. The van der Waals surface area contributed by atoms with Gasteiger partial charge in [0.2, 0.25) is 0 Å². The third-order valence-electron chi connectivity index (χ3n) is 4.21. The van der Waals surface area contributed by atoms with Crippen LogP contribution < -0.4 is 5.48 Å². The fraction of sp³-hybridized carbons (Fsp3) is 0.438. The summed E-state index contributed by atoms with van der Waals surface area (Å²) < 4.78 is 5.24. The SMILES string of the molecule is [C-]#[N+]C1=CC2O[C@@H](O)CC1(NOCc1ccccc1)C(O)[C@@H]2O. The van der Waals surface area contributed by atoms with Gasteiger partial charge in [0.25, 0.3) is 0 Å². The Morgan fingerprint density at radius 2 is 2.04 bits per heavy atom. The molecule has 5 atom stereocenters. The smallest absolute Gasteiger partial charge is 0.189 e. The molecule has 0 aromatic heterocycles. The highest BCUT2D eigenvalue weighted by molar-refractivity contribution is 5.35. The molecule has 23 heavy (non-hydrogen) atoms. The van der Waals surface area contributed by atoms with Crippen LogP contribution in [-0.2, 0) is 16.2 Å². The highest BCUT2D eigenvalue weighted by atomic mass is 16.7. The first-order valence-corrected chi connectivity index (χ1v) is 7.29. The van der Waals surface area contributed by atoms with Crippen LogP contribution in [0.4, 0.5) is 0 Å². The van der Waals surface area contributed by atoms with E-state index in [2.05, 4.69) is 10.3 Å². The van der Waals surface area contributed by atoms with E-state index in [4.69, 9.17) is 16.1 Å². The minimum atomic E-state index is -1.41. The lowest BCUT2D eigenvalue weighted by Crippen LogP contribution is -2.62. The average Bonchev–Trinajstić information content (AvgIpc) is 2.75. The lowest BCUT2D eigenvalue weighted by molar-refractivity contribution is -0.144. The number of ether oxygens (including phenoxy) is 1. The summed E-state index contributed by atoms with van der Waals surface area (Å²) in [5.74, 6) is 0. The normalized spacial score (nSPS) is 36.2. The first-order chi connectivity index (χ1) is 11.1. The van der Waals surface area contributed by atoms with E-state index in [-0.39, 0.29) is 18.7 Å². The standard InChI is InChI=1S/C16H18N2O5/c1-17-12-7-11-14(20)15(21)16(12,8-13(19)23-11)18-22-9-10-5-3-2-4-6-10/h2-7,11,13-15,18-21H,8-9H2/t11?,13-,14-,15?,16?/m1/s1. The Balaban J connectivity index is 1.82. The van der Waals surface area contributed by atoms with E-state index in [0.717, 1.165) is 5.56 Å². The molecule has 7 nitrogen and oxygen atoms in total. The van der Waals surface area contributed by atoms with Crippen molar-refractivity contribution in [2.24, 2.45) is 0 Å². The van der Waals surface area contributed by atoms with Crippen molar-refractivity contribution < 1.29 is 24.9 Å². The number of fused-ring (bicyclic) bond motifs is 3. The molecule has 4 rings (SSSR count). The van der Waals surface area contributed by atoms with Crippen molar-refractivity contribution in [2.45, 2.75) is 43.2 Å². The van der Waals surface area contributed by atoms with Crippen LogP contribution in [0.15, 0.2) is 42.1 Å². The minimum Gasteiger partial charge on any atom is -0.389 e. The van der Waals surface area contributed by atoms with E-state index >= 15 is 0 Å². The van der Waals surface area contributed by atoms with Crippen LogP contribution in [0.1, 0.15) is 12.0 Å². The van der Waals surface area contributed by atoms with Crippen molar-refractivity contribution in [3.8, 4) is 0 Å². The van der Waals surface area contributed by atoms with Gasteiger partial charge in [0.1, 0.15) is 11.6 Å². The number of aliphatic hydroxyl groups is 3. The lowest BCUT2D eigenvalue weighted by Gasteiger charge is -2.41. The van der Waals surface area contributed by atoms with Gasteiger partial charge in [0.05, 0.1) is 25.4 Å². The van der Waals surface area contributed by atoms with Crippen LogP contribution in [0.3, 0.4) is 0 Å². The van der Waals surface area contributed by atoms with Gasteiger partial charge in [-0.2, -0.15) is 5.48 Å². The molecule has 2 bridgehead atoms. The molecule has 1 saturated heterocycles. The number of benzene rings is 1. The molecule has 0 radical (unpaired) electrons. The number of hydrogen-bond acceptors (Lipinski definition) is 6. The molecule has 0 amide bonds. The summed E-state index contributed by atoms with van der Waals surface area (Å²) in [6, 6.07) is 9.37. The van der Waals surface area contributed by atoms with Crippen molar-refractivity contribution in [1.29, 1.82) is 0 Å². The van der Waals surface area contributed by atoms with E-state index < -0.39 is 30.1 Å². The average molecular weight is 318 g/mol. The number of nitrogens with one attached hydrogen (secondary N) is 1. The lowest BCUT2D eigenvalue weighted by atomic mass is 9.78. The molecule has 3 aliphatic rings. The Labute approximate surface area is 133 Å². The Bertz CT molecular complexity index is 629. The van der Waals surface area contributed by atoms with E-state index in [1.54, 1.807) is 0 Å². The largest absolute Gasteiger partial charge is 0.389 e. The Kier molecular flexibility index (Phi) is 4.46. The van der Waals surface area contributed by atoms with Crippen LogP contribution in [0.25, 0.3) is 4.85 Å². The first-order valence-electron chi connectivity index (χ1n) is 7.29. The molecule has 2 heterocycles. The number of hydroxylamine groups is 1. The summed E-state index contributed by atoms with van der Waals surface area (Å²) >= 11 is 0. The van der Waals surface area contributed by atoms with Crippen LogP contribution in [-0.4, -0.2) is 45.5 Å². The number of hydrogen-bond donors (Lipinski definition) is 4. The third-order valence-corrected chi connectivity index (χ3v) is 4.21. The van der Waals surface area contributed by atoms with Gasteiger partial charge in [-0.25, -0.2) is 4.85 Å². The molecule has 1 aromatic carbocycles. The molecule has 2 aliphatic heterocycles. The summed E-state index contributed by atoms with van der Waals surface area (Å²) in [7, 11) is 0. The van der Waals surface area contributed by atoms with Crippen LogP contribution in [0.2, 0.25) is 0 Å². The topological polar surface area (TPSA) is 95.5 Å². The fourth-order valence-electron chi connectivity index (χ4n) is 2.99. The molecule has 4 N–H and O–H groups in total. The number of rotatable bonds is 4. The van der Waals surface area contributed by atoms with Crippen molar-refractivity contribution in [3.05, 3.63) is 59.1 Å². The molecule has 7 heteroatoms. The maximum absolute atomic E-state index is 10.4. The molecule has 1 aliphatic carbocycles. The minimum absolute atomic E-state index is 0.106. The molecule has 0 spiro atoms. The van der Waals surface area contributed by atoms with Crippen LogP contribution in [0, 0.1) is 6.57 Å². The summed E-state index contributed by atoms with van der Waals surface area (Å²) in [5.41, 5.74) is 2.34. The Morgan fingerprint density at radius 3 is 2.74 bits per heavy atom. The van der Waals surface area contributed by atoms with Crippen molar-refractivity contribution in [1.82, 2.24) is 5.48 Å². The van der Waals surface area contributed by atoms with Crippen molar-refractivity contribution in [3.63, 3.8) is 0 Å². The molecule has 1 fully saturated rings. The van der Waals surface area contributed by atoms with Gasteiger partial charge in [-0.3, -0.25) is 4.84 Å². The van der Waals surface area contributed by atoms with Crippen LogP contribution >= 0.6 is 0 Å². The maximum atomic E-state index is 10.4. The van der Waals surface area contributed by atoms with Gasteiger partial charge in [0.15, 0.2) is 12.0 Å². The molecular weight excluding hydrogens is 300 g/mol. The van der Waals surface area contributed by atoms with E-state index in [0.29, 0.717) is 0 Å². The molecule has 1 aromatic rings. The fourth-order valence-corrected chi connectivity index (χ4v) is 2.99. The molecule has 122 valence electrons. The summed E-state index contributed by atoms with van der Waals surface area (Å²) in [6.07, 6.45) is -3.43. The second-order valence-corrected chi connectivity index (χ2v) is 5.71. The highest BCUT2D eigenvalue weighted by Gasteiger charge is 2.55. The first kappa shape index (κ1) is 16.1. The van der Waals surface area contributed by atoms with Gasteiger partial charge in [0, 0.05) is 6.42 Å². The molecular formula is C16H18N2O5. The summed E-state index contributed by atoms with van der Waals surface area (Å²) in [4.78, 5) is 8.87. The van der Waals surface area contributed by atoms with Crippen LogP contribution in [0.5, 0.6) is 0 Å². The zero-order valence-electron chi connectivity index (χ0n) is 12.3. The Hall–Kier alpha value is -1.79. The van der Waals surface area contributed by atoms with Crippen molar-refractivity contribution >= 4 is 0 Å².